The van der Waals surface area contributed by atoms with Gasteiger partial charge in [-0.25, -0.2) is 0 Å². The van der Waals surface area contributed by atoms with Crippen molar-refractivity contribution in [2.75, 3.05) is 6.61 Å². The predicted molar refractivity (Wildman–Crippen MR) is 154 cm³/mol. The topological polar surface area (TPSA) is 56.5 Å². The number of hydrogen-bond donors (Lipinski definition) is 0. The largest absolute Gasteiger partial charge is 0.492 e. The third-order valence-corrected chi connectivity index (χ3v) is 9.47. The smallest absolute Gasteiger partial charge is 0.192 e. The van der Waals surface area contributed by atoms with Gasteiger partial charge in [-0.3, -0.25) is 9.59 Å². The van der Waals surface area contributed by atoms with Crippen LogP contribution < -0.4 is 10.2 Å². The molecule has 0 saturated carbocycles. The van der Waals surface area contributed by atoms with E-state index < -0.39 is 0 Å². The summed E-state index contributed by atoms with van der Waals surface area (Å²) >= 11 is 0. The molecule has 6 rings (SSSR count). The summed E-state index contributed by atoms with van der Waals surface area (Å²) in [5.41, 5.74) is 7.45. The average Bonchev–Trinajstić information content (AvgIpc) is 2.85. The van der Waals surface area contributed by atoms with Crippen LogP contribution in [0.15, 0.2) is 45.8 Å². The number of carbonyl (C=O) groups excluding carboxylic acids is 1. The molecule has 0 radical (unpaired) electrons. The summed E-state index contributed by atoms with van der Waals surface area (Å²) in [5, 5.41) is 0.701. The molecular formula is C34H42O4. The Balaban J connectivity index is 0.000000155. The molecule has 0 fully saturated rings. The van der Waals surface area contributed by atoms with Crippen LogP contribution in [0.1, 0.15) is 120 Å². The number of benzene rings is 2. The van der Waals surface area contributed by atoms with Crippen molar-refractivity contribution in [2.24, 2.45) is 0 Å². The molecule has 202 valence electrons. The van der Waals surface area contributed by atoms with E-state index in [1.165, 1.54) is 47.4 Å². The summed E-state index contributed by atoms with van der Waals surface area (Å²) in [5.74, 6) is 1.02. The molecule has 4 nitrogen and oxygen atoms in total. The summed E-state index contributed by atoms with van der Waals surface area (Å²) in [6.45, 7) is 18.7. The first-order valence-corrected chi connectivity index (χ1v) is 14.0. The van der Waals surface area contributed by atoms with Gasteiger partial charge in [-0.2, -0.15) is 0 Å². The van der Waals surface area contributed by atoms with Crippen molar-refractivity contribution in [3.05, 3.63) is 74.6 Å². The Morgan fingerprint density at radius 3 is 1.74 bits per heavy atom. The molecule has 0 unspecified atom stereocenters. The fourth-order valence-corrected chi connectivity index (χ4v) is 6.46. The zero-order valence-electron chi connectivity index (χ0n) is 24.3. The summed E-state index contributed by atoms with van der Waals surface area (Å²) in [7, 11) is 0. The van der Waals surface area contributed by atoms with E-state index >= 15 is 0 Å². The number of carbonyl (C=O) groups is 1. The summed E-state index contributed by atoms with van der Waals surface area (Å²) in [6.07, 6.45) is 6.65. The fraction of sp³-hybridized carbons (Fsp3) is 0.529. The highest BCUT2D eigenvalue weighted by molar-refractivity contribution is 6.00. The van der Waals surface area contributed by atoms with Crippen LogP contribution in [0, 0.1) is 0 Å². The first kappa shape index (κ1) is 26.7. The second-order valence-electron chi connectivity index (χ2n) is 14.1. The van der Waals surface area contributed by atoms with Crippen LogP contribution in [0.3, 0.4) is 0 Å². The Bertz CT molecular complexity index is 1480. The van der Waals surface area contributed by atoms with Crippen molar-refractivity contribution in [1.82, 2.24) is 0 Å². The van der Waals surface area contributed by atoms with Crippen LogP contribution in [0.5, 0.6) is 5.75 Å². The van der Waals surface area contributed by atoms with Crippen LogP contribution in [-0.2, 0) is 21.7 Å². The highest BCUT2D eigenvalue weighted by Crippen LogP contribution is 2.48. The van der Waals surface area contributed by atoms with Gasteiger partial charge in [0.15, 0.2) is 11.2 Å². The number of rotatable bonds is 0. The maximum Gasteiger partial charge on any atom is 0.192 e. The Hall–Kier alpha value is -2.88. The molecule has 2 heterocycles. The average molecular weight is 515 g/mol. The van der Waals surface area contributed by atoms with E-state index in [9.17, 15) is 9.59 Å². The van der Waals surface area contributed by atoms with Crippen LogP contribution in [0.25, 0.3) is 11.0 Å². The number of ether oxygens (including phenoxy) is 1. The fourth-order valence-electron chi connectivity index (χ4n) is 6.46. The highest BCUT2D eigenvalue weighted by atomic mass is 16.5. The van der Waals surface area contributed by atoms with E-state index in [2.05, 4.69) is 79.7 Å². The molecule has 4 heteroatoms. The quantitative estimate of drug-likeness (QED) is 0.304. The molecule has 3 aliphatic rings. The van der Waals surface area contributed by atoms with Crippen LogP contribution in [-0.4, -0.2) is 12.4 Å². The van der Waals surface area contributed by atoms with E-state index in [4.69, 9.17) is 9.15 Å². The SMILES string of the molecule is CC1(C)CCC(C)(C)c2cc3c(=O)ccoc3cc21.CC1(C)CCC(C)(C)c2cc3c(cc21)OCCC3=O. The summed E-state index contributed by atoms with van der Waals surface area (Å²) in [4.78, 5) is 24.0. The Morgan fingerprint density at radius 1 is 0.658 bits per heavy atom. The molecule has 0 atom stereocenters. The Kier molecular flexibility index (Phi) is 6.21. The minimum atomic E-state index is 0.0447. The lowest BCUT2D eigenvalue weighted by Gasteiger charge is -2.42. The first-order chi connectivity index (χ1) is 17.6. The molecule has 2 aliphatic carbocycles. The molecule has 0 amide bonds. The van der Waals surface area contributed by atoms with Gasteiger partial charge in [0.25, 0.3) is 0 Å². The Labute approximate surface area is 226 Å². The van der Waals surface area contributed by atoms with Crippen molar-refractivity contribution >= 4 is 16.8 Å². The lowest BCUT2D eigenvalue weighted by Crippen LogP contribution is -2.34. The van der Waals surface area contributed by atoms with E-state index in [0.29, 0.717) is 24.0 Å². The molecule has 0 spiro atoms. The number of fused-ring (bicyclic) bond motifs is 4. The second-order valence-corrected chi connectivity index (χ2v) is 14.1. The van der Waals surface area contributed by atoms with Crippen molar-refractivity contribution < 1.29 is 13.9 Å². The molecular weight excluding hydrogens is 472 g/mol. The van der Waals surface area contributed by atoms with Gasteiger partial charge in [0.2, 0.25) is 0 Å². The summed E-state index contributed by atoms with van der Waals surface area (Å²) < 4.78 is 11.2. The molecule has 3 aromatic rings. The number of hydrogen-bond acceptors (Lipinski definition) is 4. The van der Waals surface area contributed by atoms with Crippen molar-refractivity contribution in [2.45, 2.75) is 109 Å². The van der Waals surface area contributed by atoms with Crippen LogP contribution in [0.4, 0.5) is 0 Å². The minimum absolute atomic E-state index is 0.0447. The van der Waals surface area contributed by atoms with Crippen LogP contribution in [0.2, 0.25) is 0 Å². The molecule has 38 heavy (non-hydrogen) atoms. The molecule has 0 N–H and O–H groups in total. The lowest BCUT2D eigenvalue weighted by molar-refractivity contribution is 0.0932. The van der Waals surface area contributed by atoms with E-state index in [1.54, 1.807) is 0 Å². The molecule has 0 bridgehead atoms. The zero-order chi connectivity index (χ0) is 27.7. The van der Waals surface area contributed by atoms with Gasteiger partial charge >= 0.3 is 0 Å². The van der Waals surface area contributed by atoms with Gasteiger partial charge in [0.1, 0.15) is 11.3 Å². The normalized spacial score (nSPS) is 21.7. The maximum absolute atomic E-state index is 12.1. The Morgan fingerprint density at radius 2 is 1.16 bits per heavy atom. The first-order valence-electron chi connectivity index (χ1n) is 14.0. The van der Waals surface area contributed by atoms with E-state index in [0.717, 1.165) is 24.2 Å². The molecule has 0 saturated heterocycles. The van der Waals surface area contributed by atoms with Crippen molar-refractivity contribution in [3.63, 3.8) is 0 Å². The second kappa shape index (κ2) is 8.83. The standard InChI is InChI=1S/C17H22O2.C17H20O2/c2*1-16(2)6-7-17(3,4)13-10-15-11(9-12(13)16)14(18)5-8-19-15/h9-10H,5-8H2,1-4H3;5,8-10H,6-7H2,1-4H3. The van der Waals surface area contributed by atoms with Crippen molar-refractivity contribution in [3.8, 4) is 5.75 Å². The van der Waals surface area contributed by atoms with Gasteiger partial charge in [-0.15, -0.1) is 0 Å². The lowest BCUT2D eigenvalue weighted by atomic mass is 9.62. The van der Waals surface area contributed by atoms with Gasteiger partial charge in [-0.05, 0) is 93.9 Å². The predicted octanol–water partition coefficient (Wildman–Crippen LogP) is 8.14. The minimum Gasteiger partial charge on any atom is -0.492 e. The number of Topliss-reactive ketones (excluding diaryl/α,β-unsaturated/α-hetero) is 1. The van der Waals surface area contributed by atoms with Crippen molar-refractivity contribution in [1.29, 1.82) is 0 Å². The van der Waals surface area contributed by atoms with E-state index in [-0.39, 0.29) is 32.9 Å². The van der Waals surface area contributed by atoms with Gasteiger partial charge in [0.05, 0.1) is 23.8 Å². The van der Waals surface area contributed by atoms with Crippen LogP contribution >= 0.6 is 0 Å². The molecule has 2 aromatic carbocycles. The van der Waals surface area contributed by atoms with E-state index in [1.807, 2.05) is 0 Å². The maximum atomic E-state index is 12.1. The summed E-state index contributed by atoms with van der Waals surface area (Å²) in [6, 6.07) is 9.86. The third kappa shape index (κ3) is 4.50. The highest BCUT2D eigenvalue weighted by Gasteiger charge is 2.39. The molecule has 1 aliphatic heterocycles. The number of ketones is 1. The van der Waals surface area contributed by atoms with Gasteiger partial charge in [-0.1, -0.05) is 55.4 Å². The van der Waals surface area contributed by atoms with Gasteiger partial charge < -0.3 is 9.15 Å². The third-order valence-electron chi connectivity index (χ3n) is 9.47. The monoisotopic (exact) mass is 514 g/mol. The molecule has 1 aromatic heterocycles. The van der Waals surface area contributed by atoms with Gasteiger partial charge in [0, 0.05) is 12.5 Å². The zero-order valence-corrected chi connectivity index (χ0v) is 24.3.